The molecular weight excluding hydrogens is 436 g/mol. The molecule has 0 N–H and O–H groups in total. The molecule has 1 amide bonds. The Morgan fingerprint density at radius 2 is 1.85 bits per heavy atom. The van der Waals surface area contributed by atoms with E-state index in [-0.39, 0.29) is 17.5 Å². The minimum atomic E-state index is -0.342. The summed E-state index contributed by atoms with van der Waals surface area (Å²) in [6, 6.07) is 14.2. The molecule has 1 atom stereocenters. The van der Waals surface area contributed by atoms with Gasteiger partial charge >= 0.3 is 0 Å². The van der Waals surface area contributed by atoms with Crippen molar-refractivity contribution in [3.63, 3.8) is 0 Å². The summed E-state index contributed by atoms with van der Waals surface area (Å²) in [5.41, 5.74) is 1.11. The second-order valence-electron chi connectivity index (χ2n) is 8.53. The number of carbonyl (C=O) groups is 1. The number of rotatable bonds is 10. The van der Waals surface area contributed by atoms with Crippen LogP contribution in [0.4, 0.5) is 0 Å². The zero-order chi connectivity index (χ0) is 24.0. The molecule has 33 heavy (non-hydrogen) atoms. The maximum atomic E-state index is 13.7. The largest absolute Gasteiger partial charge is 0.331 e. The number of nitrogens with zero attached hydrogens (tertiary/aromatic N) is 4. The van der Waals surface area contributed by atoms with Gasteiger partial charge in [0.2, 0.25) is 5.91 Å². The zero-order valence-corrected chi connectivity index (χ0v) is 20.7. The van der Waals surface area contributed by atoms with Crippen LogP contribution in [0.5, 0.6) is 0 Å². The van der Waals surface area contributed by atoms with Crippen molar-refractivity contribution >= 4 is 28.4 Å². The first-order valence-electron chi connectivity index (χ1n) is 11.6. The molecule has 3 aromatic rings. The molecule has 0 aliphatic carbocycles. The van der Waals surface area contributed by atoms with E-state index in [4.69, 9.17) is 16.6 Å². The summed E-state index contributed by atoms with van der Waals surface area (Å²) in [5.74, 6) is 0.651. The van der Waals surface area contributed by atoms with Crippen molar-refractivity contribution < 1.29 is 4.79 Å². The van der Waals surface area contributed by atoms with Crippen molar-refractivity contribution in [3.8, 4) is 5.69 Å². The van der Waals surface area contributed by atoms with Crippen molar-refractivity contribution in [1.82, 2.24) is 19.4 Å². The molecular formula is C26H33ClN4O2. The Hall–Kier alpha value is -2.70. The lowest BCUT2D eigenvalue weighted by molar-refractivity contribution is -0.134. The van der Waals surface area contributed by atoms with Gasteiger partial charge in [-0.3, -0.25) is 14.2 Å². The van der Waals surface area contributed by atoms with Crippen LogP contribution in [-0.4, -0.2) is 52.4 Å². The number of para-hydroxylation sites is 1. The smallest absolute Gasteiger partial charge is 0.266 e. The number of likely N-dealkylation sites (N-methyl/N-ethyl adjacent to an activating group) is 1. The number of benzene rings is 2. The number of unbranched alkanes of at least 4 members (excludes halogenated alkanes) is 1. The minimum absolute atomic E-state index is 0.0885. The predicted octanol–water partition coefficient (Wildman–Crippen LogP) is 5.07. The quantitative estimate of drug-likeness (QED) is 0.416. The second-order valence-corrected chi connectivity index (χ2v) is 8.96. The summed E-state index contributed by atoms with van der Waals surface area (Å²) < 4.78 is 1.62. The highest BCUT2D eigenvalue weighted by atomic mass is 35.5. The van der Waals surface area contributed by atoms with Gasteiger partial charge in [0.15, 0.2) is 0 Å². The van der Waals surface area contributed by atoms with E-state index in [2.05, 4.69) is 11.8 Å². The van der Waals surface area contributed by atoms with E-state index >= 15 is 0 Å². The number of fused-ring (bicyclic) bond motifs is 1. The lowest BCUT2D eigenvalue weighted by atomic mass is 10.1. The lowest BCUT2D eigenvalue weighted by Crippen LogP contribution is -2.41. The number of hydrogen-bond acceptors (Lipinski definition) is 4. The van der Waals surface area contributed by atoms with Crippen LogP contribution in [-0.2, 0) is 4.79 Å². The molecule has 0 aliphatic rings. The van der Waals surface area contributed by atoms with Gasteiger partial charge in [-0.2, -0.15) is 0 Å². The second kappa shape index (κ2) is 11.4. The molecule has 6 nitrogen and oxygen atoms in total. The Morgan fingerprint density at radius 3 is 2.52 bits per heavy atom. The van der Waals surface area contributed by atoms with Gasteiger partial charge in [-0.1, -0.05) is 50.1 Å². The van der Waals surface area contributed by atoms with Crippen LogP contribution in [0, 0.1) is 0 Å². The average Bonchev–Trinajstić information content (AvgIpc) is 2.80. The molecule has 1 aromatic heterocycles. The molecule has 0 bridgehead atoms. The summed E-state index contributed by atoms with van der Waals surface area (Å²) in [5, 5.41) is 1.07. The third-order valence-electron chi connectivity index (χ3n) is 5.78. The normalized spacial score (nSPS) is 12.3. The van der Waals surface area contributed by atoms with E-state index < -0.39 is 0 Å². The molecule has 0 aliphatic heterocycles. The molecule has 2 aromatic carbocycles. The van der Waals surface area contributed by atoms with Gasteiger partial charge in [0.05, 0.1) is 22.6 Å². The fourth-order valence-corrected chi connectivity index (χ4v) is 4.20. The number of aromatic nitrogens is 2. The molecule has 1 unspecified atom stereocenters. The topological polar surface area (TPSA) is 58.4 Å². The van der Waals surface area contributed by atoms with E-state index in [1.165, 1.54) is 0 Å². The maximum Gasteiger partial charge on any atom is 0.266 e. The Bertz CT molecular complexity index is 1160. The molecule has 0 saturated carbocycles. The van der Waals surface area contributed by atoms with Crippen LogP contribution < -0.4 is 5.56 Å². The van der Waals surface area contributed by atoms with E-state index in [1.54, 1.807) is 22.8 Å². The SMILES string of the molecule is CCCCC(=O)N(CCN(C)C)C(CC)c1nc2ccccc2c(=O)n1-c1cccc(Cl)c1. The first kappa shape index (κ1) is 24.9. The van der Waals surface area contributed by atoms with Crippen LogP contribution in [0.1, 0.15) is 51.4 Å². The molecule has 176 valence electrons. The van der Waals surface area contributed by atoms with E-state index in [1.807, 2.05) is 56.3 Å². The number of halogens is 1. The van der Waals surface area contributed by atoms with Crippen molar-refractivity contribution in [2.75, 3.05) is 27.2 Å². The van der Waals surface area contributed by atoms with Gasteiger partial charge in [0, 0.05) is 24.5 Å². The molecule has 0 radical (unpaired) electrons. The van der Waals surface area contributed by atoms with Gasteiger partial charge in [-0.05, 0) is 57.3 Å². The van der Waals surface area contributed by atoms with Crippen molar-refractivity contribution in [2.45, 2.75) is 45.6 Å². The van der Waals surface area contributed by atoms with Crippen LogP contribution in [0.25, 0.3) is 16.6 Å². The Labute approximate surface area is 200 Å². The number of carbonyl (C=O) groups excluding carboxylic acids is 1. The molecule has 0 saturated heterocycles. The summed E-state index contributed by atoms with van der Waals surface area (Å²) in [6.07, 6.45) is 2.90. The standard InChI is InChI=1S/C26H33ClN4O2/c1-5-7-15-24(32)30(17-16-29(3)4)23(6-2)25-28-22-14-9-8-13-21(22)26(33)31(25)20-12-10-11-19(27)18-20/h8-14,18,23H,5-7,15-17H2,1-4H3. The fraction of sp³-hybridized carbons (Fsp3) is 0.423. The first-order chi connectivity index (χ1) is 15.9. The van der Waals surface area contributed by atoms with E-state index in [0.29, 0.717) is 46.8 Å². The third-order valence-corrected chi connectivity index (χ3v) is 6.02. The predicted molar refractivity (Wildman–Crippen MR) is 135 cm³/mol. The average molecular weight is 469 g/mol. The Morgan fingerprint density at radius 1 is 1.09 bits per heavy atom. The van der Waals surface area contributed by atoms with Crippen LogP contribution in [0.2, 0.25) is 5.02 Å². The monoisotopic (exact) mass is 468 g/mol. The highest BCUT2D eigenvalue weighted by Gasteiger charge is 2.28. The zero-order valence-electron chi connectivity index (χ0n) is 19.9. The Balaban J connectivity index is 2.23. The minimum Gasteiger partial charge on any atom is -0.331 e. The molecule has 1 heterocycles. The summed E-state index contributed by atoms with van der Waals surface area (Å²) in [4.78, 5) is 35.9. The maximum absolute atomic E-state index is 13.7. The summed E-state index contributed by atoms with van der Waals surface area (Å²) >= 11 is 6.28. The van der Waals surface area contributed by atoms with Crippen molar-refractivity contribution in [2.24, 2.45) is 0 Å². The number of amides is 1. The van der Waals surface area contributed by atoms with E-state index in [0.717, 1.165) is 19.4 Å². The molecule has 0 fully saturated rings. The van der Waals surface area contributed by atoms with Crippen LogP contribution in [0.3, 0.4) is 0 Å². The molecule has 3 rings (SSSR count). The lowest BCUT2D eigenvalue weighted by Gasteiger charge is -2.33. The molecule has 0 spiro atoms. The third kappa shape index (κ3) is 5.81. The summed E-state index contributed by atoms with van der Waals surface area (Å²) in [6.45, 7) is 5.40. The highest BCUT2D eigenvalue weighted by molar-refractivity contribution is 6.30. The van der Waals surface area contributed by atoms with Gasteiger partial charge < -0.3 is 9.80 Å². The highest BCUT2D eigenvalue weighted by Crippen LogP contribution is 2.27. The Kier molecular flexibility index (Phi) is 8.64. The van der Waals surface area contributed by atoms with Gasteiger partial charge in [-0.15, -0.1) is 0 Å². The number of hydrogen-bond donors (Lipinski definition) is 0. The van der Waals surface area contributed by atoms with Gasteiger partial charge in [0.1, 0.15) is 5.82 Å². The summed E-state index contributed by atoms with van der Waals surface area (Å²) in [7, 11) is 3.98. The first-order valence-corrected chi connectivity index (χ1v) is 12.0. The van der Waals surface area contributed by atoms with Gasteiger partial charge in [0.25, 0.3) is 5.56 Å². The van der Waals surface area contributed by atoms with Crippen LogP contribution >= 0.6 is 11.6 Å². The van der Waals surface area contributed by atoms with Crippen molar-refractivity contribution in [1.29, 1.82) is 0 Å². The van der Waals surface area contributed by atoms with Crippen LogP contribution in [0.15, 0.2) is 53.3 Å². The van der Waals surface area contributed by atoms with E-state index in [9.17, 15) is 9.59 Å². The fourth-order valence-electron chi connectivity index (χ4n) is 4.01. The van der Waals surface area contributed by atoms with Gasteiger partial charge in [-0.25, -0.2) is 4.98 Å². The van der Waals surface area contributed by atoms with Crippen molar-refractivity contribution in [3.05, 3.63) is 69.7 Å². The molecule has 7 heteroatoms.